The molecule has 0 spiro atoms. The summed E-state index contributed by atoms with van der Waals surface area (Å²) in [6.07, 6.45) is 3.66. The molecule has 1 saturated carbocycles. The minimum Gasteiger partial charge on any atom is -0.328 e. The maximum Gasteiger partial charge on any atom is 0.265 e. The first-order valence-corrected chi connectivity index (χ1v) is 9.01. The highest BCUT2D eigenvalue weighted by atomic mass is 32.1. The molecule has 0 saturated heterocycles. The summed E-state index contributed by atoms with van der Waals surface area (Å²) < 4.78 is 0. The Morgan fingerprint density at radius 2 is 1.75 bits per heavy atom. The molecule has 1 aliphatic rings. The number of benzene rings is 1. The molecule has 2 unspecified atom stereocenters. The second-order valence-electron chi connectivity index (χ2n) is 6.12. The van der Waals surface area contributed by atoms with Gasteiger partial charge in [0.25, 0.3) is 5.91 Å². The second kappa shape index (κ2) is 7.59. The lowest BCUT2D eigenvalue weighted by molar-refractivity contribution is -0.120. The third-order valence-electron chi connectivity index (χ3n) is 4.24. The standard InChI is InChI=1S/C18H21N3O2S/c19-13-4-1-3-12(11-13)17(22)20-14-6-8-15(9-7-14)21-18(23)16-5-2-10-24-16/h2,5-10,12-13H,1,3-4,11,19H2,(H,20,22)(H,21,23). The first kappa shape index (κ1) is 16.7. The number of carbonyl (C=O) groups is 2. The van der Waals surface area contributed by atoms with E-state index in [-0.39, 0.29) is 23.8 Å². The van der Waals surface area contributed by atoms with Gasteiger partial charge < -0.3 is 16.4 Å². The van der Waals surface area contributed by atoms with Crippen LogP contribution in [0.3, 0.4) is 0 Å². The molecular formula is C18H21N3O2S. The molecule has 1 heterocycles. The monoisotopic (exact) mass is 343 g/mol. The van der Waals surface area contributed by atoms with Crippen molar-refractivity contribution in [3.8, 4) is 0 Å². The van der Waals surface area contributed by atoms with Crippen molar-refractivity contribution < 1.29 is 9.59 Å². The summed E-state index contributed by atoms with van der Waals surface area (Å²) in [5.74, 6) is -0.106. The Labute approximate surface area is 145 Å². The Morgan fingerprint density at radius 3 is 2.38 bits per heavy atom. The van der Waals surface area contributed by atoms with Crippen LogP contribution in [0.4, 0.5) is 11.4 Å². The van der Waals surface area contributed by atoms with Gasteiger partial charge in [-0.05, 0) is 55.0 Å². The van der Waals surface area contributed by atoms with Crippen molar-refractivity contribution >= 4 is 34.5 Å². The first-order chi connectivity index (χ1) is 11.6. The molecule has 2 aromatic rings. The molecule has 0 radical (unpaired) electrons. The number of amides is 2. The summed E-state index contributed by atoms with van der Waals surface area (Å²) in [6.45, 7) is 0. The average Bonchev–Trinajstić information content (AvgIpc) is 3.11. The van der Waals surface area contributed by atoms with E-state index >= 15 is 0 Å². The Morgan fingerprint density at radius 1 is 1.04 bits per heavy atom. The number of anilines is 2. The molecule has 0 aliphatic heterocycles. The van der Waals surface area contributed by atoms with E-state index in [0.717, 1.165) is 31.4 Å². The van der Waals surface area contributed by atoms with Gasteiger partial charge in [-0.3, -0.25) is 9.59 Å². The lowest BCUT2D eigenvalue weighted by Gasteiger charge is -2.25. The second-order valence-corrected chi connectivity index (χ2v) is 7.07. The number of carbonyl (C=O) groups excluding carboxylic acids is 2. The minimum absolute atomic E-state index is 0.00745. The summed E-state index contributed by atoms with van der Waals surface area (Å²) >= 11 is 1.40. The molecule has 3 rings (SSSR count). The van der Waals surface area contributed by atoms with Gasteiger partial charge >= 0.3 is 0 Å². The fourth-order valence-corrected chi connectivity index (χ4v) is 3.57. The van der Waals surface area contributed by atoms with Gasteiger partial charge in [0.15, 0.2) is 0 Å². The van der Waals surface area contributed by atoms with Gasteiger partial charge in [-0.25, -0.2) is 0 Å². The Hall–Kier alpha value is -2.18. The van der Waals surface area contributed by atoms with Crippen LogP contribution in [0.5, 0.6) is 0 Å². The summed E-state index contributed by atoms with van der Waals surface area (Å²) in [6, 6.07) is 10.9. The van der Waals surface area contributed by atoms with Crippen LogP contribution in [0.1, 0.15) is 35.4 Å². The fourth-order valence-electron chi connectivity index (χ4n) is 2.95. The van der Waals surface area contributed by atoms with Crippen LogP contribution in [0.25, 0.3) is 0 Å². The van der Waals surface area contributed by atoms with Crippen molar-refractivity contribution in [1.82, 2.24) is 0 Å². The van der Waals surface area contributed by atoms with Crippen LogP contribution in [-0.2, 0) is 4.79 Å². The number of hydrogen-bond donors (Lipinski definition) is 3. The van der Waals surface area contributed by atoms with Crippen LogP contribution in [0.15, 0.2) is 41.8 Å². The maximum atomic E-state index is 12.3. The summed E-state index contributed by atoms with van der Waals surface area (Å²) in [7, 11) is 0. The van der Waals surface area contributed by atoms with Crippen molar-refractivity contribution in [2.75, 3.05) is 10.6 Å². The summed E-state index contributed by atoms with van der Waals surface area (Å²) in [5, 5.41) is 7.64. The molecule has 5 nitrogen and oxygen atoms in total. The zero-order chi connectivity index (χ0) is 16.9. The topological polar surface area (TPSA) is 84.2 Å². The van der Waals surface area contributed by atoms with E-state index < -0.39 is 0 Å². The highest BCUT2D eigenvalue weighted by molar-refractivity contribution is 7.12. The smallest absolute Gasteiger partial charge is 0.265 e. The highest BCUT2D eigenvalue weighted by Gasteiger charge is 2.25. The zero-order valence-corrected chi connectivity index (χ0v) is 14.1. The molecule has 1 aromatic carbocycles. The molecule has 2 atom stereocenters. The molecular weight excluding hydrogens is 322 g/mol. The van der Waals surface area contributed by atoms with E-state index in [0.29, 0.717) is 10.6 Å². The minimum atomic E-state index is -0.127. The number of hydrogen-bond acceptors (Lipinski definition) is 4. The molecule has 6 heteroatoms. The lowest BCUT2D eigenvalue weighted by Crippen LogP contribution is -2.34. The van der Waals surface area contributed by atoms with Gasteiger partial charge in [0, 0.05) is 23.3 Å². The Bertz CT molecular complexity index is 698. The quantitative estimate of drug-likeness (QED) is 0.795. The molecule has 1 fully saturated rings. The van der Waals surface area contributed by atoms with Gasteiger partial charge in [0.2, 0.25) is 5.91 Å². The Kier molecular flexibility index (Phi) is 5.27. The van der Waals surface area contributed by atoms with E-state index in [1.54, 1.807) is 30.3 Å². The molecule has 4 N–H and O–H groups in total. The van der Waals surface area contributed by atoms with E-state index in [9.17, 15) is 9.59 Å². The van der Waals surface area contributed by atoms with Crippen LogP contribution in [-0.4, -0.2) is 17.9 Å². The van der Waals surface area contributed by atoms with Crippen LogP contribution in [0, 0.1) is 5.92 Å². The summed E-state index contributed by atoms with van der Waals surface area (Å²) in [4.78, 5) is 25.0. The number of nitrogens with two attached hydrogens (primary N) is 1. The number of rotatable bonds is 4. The van der Waals surface area contributed by atoms with E-state index in [1.807, 2.05) is 11.4 Å². The lowest BCUT2D eigenvalue weighted by atomic mass is 9.85. The maximum absolute atomic E-state index is 12.3. The fraction of sp³-hybridized carbons (Fsp3) is 0.333. The predicted octanol–water partition coefficient (Wildman–Crippen LogP) is 3.46. The van der Waals surface area contributed by atoms with Crippen LogP contribution >= 0.6 is 11.3 Å². The van der Waals surface area contributed by atoms with Gasteiger partial charge in [-0.2, -0.15) is 0 Å². The van der Waals surface area contributed by atoms with Crippen molar-refractivity contribution in [2.24, 2.45) is 11.7 Å². The highest BCUT2D eigenvalue weighted by Crippen LogP contribution is 2.25. The predicted molar refractivity (Wildman–Crippen MR) is 97.3 cm³/mol. The van der Waals surface area contributed by atoms with Gasteiger partial charge in [-0.15, -0.1) is 11.3 Å². The third kappa shape index (κ3) is 4.21. The van der Waals surface area contributed by atoms with Crippen molar-refractivity contribution in [3.05, 3.63) is 46.7 Å². The number of nitrogens with one attached hydrogen (secondary N) is 2. The SMILES string of the molecule is NC1CCCC(C(=O)Nc2ccc(NC(=O)c3cccs3)cc2)C1. The molecule has 1 aromatic heterocycles. The van der Waals surface area contributed by atoms with Crippen molar-refractivity contribution in [3.63, 3.8) is 0 Å². The average molecular weight is 343 g/mol. The third-order valence-corrected chi connectivity index (χ3v) is 5.11. The van der Waals surface area contributed by atoms with Crippen molar-refractivity contribution in [1.29, 1.82) is 0 Å². The largest absolute Gasteiger partial charge is 0.328 e. The first-order valence-electron chi connectivity index (χ1n) is 8.13. The Balaban J connectivity index is 1.56. The van der Waals surface area contributed by atoms with E-state index in [1.165, 1.54) is 11.3 Å². The number of thiophene rings is 1. The zero-order valence-electron chi connectivity index (χ0n) is 13.3. The van der Waals surface area contributed by atoms with E-state index in [2.05, 4.69) is 10.6 Å². The van der Waals surface area contributed by atoms with Gasteiger partial charge in [0.1, 0.15) is 0 Å². The molecule has 1 aliphatic carbocycles. The van der Waals surface area contributed by atoms with Gasteiger partial charge in [0.05, 0.1) is 4.88 Å². The van der Waals surface area contributed by atoms with Crippen molar-refractivity contribution in [2.45, 2.75) is 31.7 Å². The van der Waals surface area contributed by atoms with Crippen LogP contribution < -0.4 is 16.4 Å². The normalized spacial score (nSPS) is 20.4. The molecule has 2 amide bonds. The molecule has 24 heavy (non-hydrogen) atoms. The summed E-state index contributed by atoms with van der Waals surface area (Å²) in [5.41, 5.74) is 7.37. The van der Waals surface area contributed by atoms with Gasteiger partial charge in [-0.1, -0.05) is 12.5 Å². The molecule has 0 bridgehead atoms. The van der Waals surface area contributed by atoms with Crippen LogP contribution in [0.2, 0.25) is 0 Å². The van der Waals surface area contributed by atoms with E-state index in [4.69, 9.17) is 5.73 Å². The molecule has 126 valence electrons.